The molecule has 1 amide bonds. The molecule has 0 aliphatic rings. The van der Waals surface area contributed by atoms with Gasteiger partial charge in [-0.1, -0.05) is 43.3 Å². The highest BCUT2D eigenvalue weighted by Crippen LogP contribution is 2.31. The Balaban J connectivity index is 2.09. The van der Waals surface area contributed by atoms with Gasteiger partial charge in [0.05, 0.1) is 11.4 Å². The third-order valence-corrected chi connectivity index (χ3v) is 3.74. The molecular formula is C19H17N3O. The predicted octanol–water partition coefficient (Wildman–Crippen LogP) is 3.94. The van der Waals surface area contributed by atoms with Crippen LogP contribution >= 0.6 is 0 Å². The molecule has 1 N–H and O–H groups in total. The third kappa shape index (κ3) is 3.11. The van der Waals surface area contributed by atoms with Crippen molar-refractivity contribution in [3.63, 3.8) is 0 Å². The number of carbonyl (C=O) groups is 1. The number of aryl methyl sites for hydroxylation is 1. The minimum Gasteiger partial charge on any atom is -0.329 e. The summed E-state index contributed by atoms with van der Waals surface area (Å²) in [4.78, 5) is 19.6. The van der Waals surface area contributed by atoms with E-state index in [9.17, 15) is 4.79 Å². The average molecular weight is 303 g/mol. The molecule has 1 heterocycles. The van der Waals surface area contributed by atoms with Crippen LogP contribution in [-0.2, 0) is 11.2 Å². The Labute approximate surface area is 135 Å². The summed E-state index contributed by atoms with van der Waals surface area (Å²) >= 11 is 0. The maximum Gasteiger partial charge on any atom is 0.211 e. The molecule has 23 heavy (non-hydrogen) atoms. The summed E-state index contributed by atoms with van der Waals surface area (Å²) in [5.74, 6) is 0. The van der Waals surface area contributed by atoms with Crippen LogP contribution in [0.4, 0.5) is 5.69 Å². The minimum atomic E-state index is 0.667. The Morgan fingerprint density at radius 3 is 2.35 bits per heavy atom. The standard InChI is InChI=1S/C19H17N3O/c1-2-14-5-3-4-6-17(14)19-18(20-11-12-21-19)15-7-9-16(10-8-15)22-13-23/h3-13H,2H2,1H3,(H,22,23). The van der Waals surface area contributed by atoms with E-state index in [1.807, 2.05) is 36.4 Å². The van der Waals surface area contributed by atoms with Gasteiger partial charge in [-0.25, -0.2) is 0 Å². The van der Waals surface area contributed by atoms with Gasteiger partial charge in [-0.2, -0.15) is 0 Å². The zero-order valence-electron chi connectivity index (χ0n) is 12.9. The molecule has 0 saturated carbocycles. The smallest absolute Gasteiger partial charge is 0.211 e. The van der Waals surface area contributed by atoms with Crippen LogP contribution in [0.2, 0.25) is 0 Å². The van der Waals surface area contributed by atoms with Crippen molar-refractivity contribution in [1.82, 2.24) is 9.97 Å². The highest BCUT2D eigenvalue weighted by atomic mass is 16.1. The van der Waals surface area contributed by atoms with Crippen molar-refractivity contribution >= 4 is 12.1 Å². The molecule has 0 atom stereocenters. The molecule has 2 aromatic carbocycles. The van der Waals surface area contributed by atoms with Crippen LogP contribution in [-0.4, -0.2) is 16.4 Å². The van der Waals surface area contributed by atoms with Crippen LogP contribution in [0.15, 0.2) is 60.9 Å². The lowest BCUT2D eigenvalue weighted by molar-refractivity contribution is -0.105. The third-order valence-electron chi connectivity index (χ3n) is 3.74. The molecule has 4 heteroatoms. The Kier molecular flexibility index (Phi) is 4.43. The molecule has 0 aliphatic heterocycles. The fourth-order valence-corrected chi connectivity index (χ4v) is 2.60. The molecule has 0 spiro atoms. The van der Waals surface area contributed by atoms with E-state index in [2.05, 4.69) is 34.3 Å². The number of aromatic nitrogens is 2. The van der Waals surface area contributed by atoms with Crippen molar-refractivity contribution < 1.29 is 4.79 Å². The monoisotopic (exact) mass is 303 g/mol. The molecule has 3 aromatic rings. The van der Waals surface area contributed by atoms with Crippen molar-refractivity contribution in [1.29, 1.82) is 0 Å². The summed E-state index contributed by atoms with van der Waals surface area (Å²) in [7, 11) is 0. The SMILES string of the molecule is CCc1ccccc1-c1nccnc1-c1ccc(NC=O)cc1. The minimum absolute atomic E-state index is 0.667. The second kappa shape index (κ2) is 6.83. The molecule has 0 bridgehead atoms. The van der Waals surface area contributed by atoms with Gasteiger partial charge in [0.1, 0.15) is 0 Å². The molecule has 0 fully saturated rings. The van der Waals surface area contributed by atoms with E-state index in [1.54, 1.807) is 12.4 Å². The maximum atomic E-state index is 10.5. The first-order valence-corrected chi connectivity index (χ1v) is 7.53. The fraction of sp³-hybridized carbons (Fsp3) is 0.105. The largest absolute Gasteiger partial charge is 0.329 e. The molecular weight excluding hydrogens is 286 g/mol. The van der Waals surface area contributed by atoms with Gasteiger partial charge in [0.15, 0.2) is 0 Å². The highest BCUT2D eigenvalue weighted by molar-refractivity contribution is 5.80. The number of hydrogen-bond donors (Lipinski definition) is 1. The van der Waals surface area contributed by atoms with E-state index in [1.165, 1.54) is 5.56 Å². The first kappa shape index (κ1) is 14.9. The lowest BCUT2D eigenvalue weighted by Gasteiger charge is -2.11. The zero-order valence-corrected chi connectivity index (χ0v) is 12.9. The van der Waals surface area contributed by atoms with Gasteiger partial charge in [0.25, 0.3) is 0 Å². The van der Waals surface area contributed by atoms with Gasteiger partial charge in [-0.3, -0.25) is 14.8 Å². The van der Waals surface area contributed by atoms with Gasteiger partial charge in [0.2, 0.25) is 6.41 Å². The van der Waals surface area contributed by atoms with Gasteiger partial charge in [-0.15, -0.1) is 0 Å². The van der Waals surface area contributed by atoms with Crippen LogP contribution in [0.25, 0.3) is 22.5 Å². The predicted molar refractivity (Wildman–Crippen MR) is 92.0 cm³/mol. The quantitative estimate of drug-likeness (QED) is 0.726. The van der Waals surface area contributed by atoms with Crippen LogP contribution in [0.1, 0.15) is 12.5 Å². The number of nitrogens with one attached hydrogen (secondary N) is 1. The number of rotatable bonds is 5. The number of benzene rings is 2. The van der Waals surface area contributed by atoms with Crippen molar-refractivity contribution in [3.05, 3.63) is 66.5 Å². The Bertz CT molecular complexity index is 813. The van der Waals surface area contributed by atoms with Crippen molar-refractivity contribution in [2.75, 3.05) is 5.32 Å². The van der Waals surface area contributed by atoms with E-state index in [4.69, 9.17) is 0 Å². The average Bonchev–Trinajstić information content (AvgIpc) is 2.63. The number of anilines is 1. The first-order chi connectivity index (χ1) is 11.3. The van der Waals surface area contributed by atoms with Crippen molar-refractivity contribution in [3.8, 4) is 22.5 Å². The van der Waals surface area contributed by atoms with Crippen molar-refractivity contribution in [2.24, 2.45) is 0 Å². The van der Waals surface area contributed by atoms with E-state index in [0.717, 1.165) is 34.6 Å². The summed E-state index contributed by atoms with van der Waals surface area (Å²) in [5, 5.41) is 2.63. The molecule has 3 rings (SSSR count). The topological polar surface area (TPSA) is 54.9 Å². The van der Waals surface area contributed by atoms with Gasteiger partial charge >= 0.3 is 0 Å². The number of carbonyl (C=O) groups excluding carboxylic acids is 1. The zero-order chi connectivity index (χ0) is 16.1. The van der Waals surface area contributed by atoms with E-state index in [0.29, 0.717) is 6.41 Å². The van der Waals surface area contributed by atoms with Crippen LogP contribution in [0, 0.1) is 0 Å². The summed E-state index contributed by atoms with van der Waals surface area (Å²) in [6.45, 7) is 2.13. The summed E-state index contributed by atoms with van der Waals surface area (Å²) in [5.41, 5.74) is 5.78. The molecule has 0 unspecified atom stereocenters. The summed E-state index contributed by atoms with van der Waals surface area (Å²) in [6.07, 6.45) is 5.02. The lowest BCUT2D eigenvalue weighted by Crippen LogP contribution is -1.96. The lowest BCUT2D eigenvalue weighted by atomic mass is 9.98. The van der Waals surface area contributed by atoms with Crippen LogP contribution in [0.3, 0.4) is 0 Å². The molecule has 0 saturated heterocycles. The maximum absolute atomic E-state index is 10.5. The van der Waals surface area contributed by atoms with Crippen LogP contribution in [0.5, 0.6) is 0 Å². The molecule has 1 aromatic heterocycles. The van der Waals surface area contributed by atoms with Crippen molar-refractivity contribution in [2.45, 2.75) is 13.3 Å². The molecule has 0 aliphatic carbocycles. The Hall–Kier alpha value is -3.01. The van der Waals surface area contributed by atoms with Gasteiger partial charge in [-0.05, 0) is 24.1 Å². The van der Waals surface area contributed by atoms with Crippen LogP contribution < -0.4 is 5.32 Å². The Morgan fingerprint density at radius 2 is 1.65 bits per heavy atom. The van der Waals surface area contributed by atoms with E-state index < -0.39 is 0 Å². The first-order valence-electron chi connectivity index (χ1n) is 7.53. The second-order valence-electron chi connectivity index (χ2n) is 5.10. The number of amides is 1. The van der Waals surface area contributed by atoms with E-state index >= 15 is 0 Å². The van der Waals surface area contributed by atoms with E-state index in [-0.39, 0.29) is 0 Å². The Morgan fingerprint density at radius 1 is 0.957 bits per heavy atom. The molecule has 4 nitrogen and oxygen atoms in total. The van der Waals surface area contributed by atoms with Gasteiger partial charge in [0, 0.05) is 29.2 Å². The summed E-state index contributed by atoms with van der Waals surface area (Å²) < 4.78 is 0. The number of nitrogens with zero attached hydrogens (tertiary/aromatic N) is 2. The summed E-state index contributed by atoms with van der Waals surface area (Å²) in [6, 6.07) is 15.8. The fourth-order valence-electron chi connectivity index (χ4n) is 2.60. The molecule has 114 valence electrons. The highest BCUT2D eigenvalue weighted by Gasteiger charge is 2.12. The van der Waals surface area contributed by atoms with Gasteiger partial charge < -0.3 is 5.32 Å². The normalized spacial score (nSPS) is 10.3. The second-order valence-corrected chi connectivity index (χ2v) is 5.10. The molecule has 0 radical (unpaired) electrons. The number of hydrogen-bond acceptors (Lipinski definition) is 3.